The summed E-state index contributed by atoms with van der Waals surface area (Å²) in [6.45, 7) is 2.86. The van der Waals surface area contributed by atoms with Gasteiger partial charge in [0.05, 0.1) is 0 Å². The summed E-state index contributed by atoms with van der Waals surface area (Å²) in [4.78, 5) is 6.61. The molecule has 12 rings (SSSR count). The number of nitrogens with zero attached hydrogens (tertiary/aromatic N) is 3. The molecule has 0 N–H and O–H groups in total. The summed E-state index contributed by atoms with van der Waals surface area (Å²) in [6.07, 6.45) is 0. The predicted molar refractivity (Wildman–Crippen MR) is 337 cm³/mol. The van der Waals surface area contributed by atoms with Crippen molar-refractivity contribution in [3.05, 3.63) is 361 Å². The van der Waals surface area contributed by atoms with Crippen LogP contribution in [0.5, 0.6) is 0 Å². The van der Waals surface area contributed by atoms with E-state index in [1.54, 1.807) is 0 Å². The van der Waals surface area contributed by atoms with E-state index in [9.17, 15) is 0 Å². The smallest absolute Gasteiger partial charge is 1.00 e. The Labute approximate surface area is 579 Å². The van der Waals surface area contributed by atoms with Crippen molar-refractivity contribution in [2.75, 3.05) is 61.9 Å². The summed E-state index contributed by atoms with van der Waals surface area (Å²) >= 11 is 0. The average molecular weight is 1400 g/mol. The van der Waals surface area contributed by atoms with Gasteiger partial charge in [0.2, 0.25) is 0 Å². The van der Waals surface area contributed by atoms with Crippen molar-refractivity contribution in [3.8, 4) is 0 Å². The first-order chi connectivity index (χ1) is 38.2. The van der Waals surface area contributed by atoms with Gasteiger partial charge < -0.3 is 51.9 Å². The van der Waals surface area contributed by atoms with E-state index in [-0.39, 0.29) is 116 Å². The third kappa shape index (κ3) is 26.2. The first-order valence-electron chi connectivity index (χ1n) is 26.9. The summed E-state index contributed by atoms with van der Waals surface area (Å²) in [5.41, 5.74) is 7.79. The first-order valence-corrected chi connectivity index (χ1v) is 26.9. The monoisotopic (exact) mass is 1390 g/mol. The summed E-state index contributed by atoms with van der Waals surface area (Å²) in [7, 11) is 12.6. The van der Waals surface area contributed by atoms with E-state index in [1.807, 2.05) is 0 Å². The van der Waals surface area contributed by atoms with Crippen LogP contribution in [0.15, 0.2) is 309 Å². The third-order valence-corrected chi connectivity index (χ3v) is 12.8. The average Bonchev–Trinajstić information content (AvgIpc) is 4.39. The van der Waals surface area contributed by atoms with Gasteiger partial charge in [-0.3, -0.25) is 0 Å². The fourth-order valence-electron chi connectivity index (χ4n) is 9.04. The zero-order valence-electron chi connectivity index (χ0n) is 49.0. The maximum Gasteiger partial charge on any atom is 2.00 e. The van der Waals surface area contributed by atoms with Gasteiger partial charge >= 0.3 is 78.6 Å². The molecule has 0 radical (unpaired) electrons. The molecule has 0 atom stereocenters. The number of likely N-dealkylation sites (N-methyl/N-ethyl adjacent to an activating group) is 3. The number of benzene rings is 9. The molecule has 0 aromatic heterocycles. The molecule has 0 unspecified atom stereocenters. The molecular weight excluding hydrogens is 1320 g/mol. The van der Waals surface area contributed by atoms with Gasteiger partial charge in [0.15, 0.2) is 0 Å². The molecule has 0 spiro atoms. The normalized spacial score (nSPS) is 9.68. The number of hydrogen-bond donors (Lipinski definition) is 0. The maximum absolute atomic E-state index is 2.20. The molecule has 12 aromatic rings. The molecule has 3 nitrogen and oxygen atoms in total. The van der Waals surface area contributed by atoms with Gasteiger partial charge in [-0.1, -0.05) is 145 Å². The van der Waals surface area contributed by atoms with Crippen LogP contribution in [0.2, 0.25) is 0 Å². The minimum Gasteiger partial charge on any atom is -1.00 e. The Balaban J connectivity index is 0.000000507. The minimum absolute atomic E-state index is 0. The SMILES string of the molecule is CN(C)C[C-](c1ccccc1)c1ccccc1.CN(C)C[C-](c1ccccc1)c1ccccc1.CN(C)C[C-](c1ccccc1)c1ccccc1.[Cl-].[Cl-].[Cl-].[Zr+2].[Zr+2].[Zr+2].c1ccc2[cH-]ccc2c1.c1ccc2[cH-]ccc2c1.c1ccc2[cH-]ccc2c1. The van der Waals surface area contributed by atoms with Crippen LogP contribution in [0.4, 0.5) is 0 Å². The van der Waals surface area contributed by atoms with E-state index >= 15 is 0 Å². The number of halogens is 3. The van der Waals surface area contributed by atoms with Crippen molar-refractivity contribution in [1.29, 1.82) is 0 Å². The van der Waals surface area contributed by atoms with E-state index in [0.717, 1.165) is 19.6 Å². The van der Waals surface area contributed by atoms with Gasteiger partial charge in [-0.2, -0.15) is 52.6 Å². The number of fused-ring (bicyclic) bond motifs is 3. The molecule has 0 bridgehead atoms. The Bertz CT molecular complexity index is 2870. The minimum atomic E-state index is 0. The van der Waals surface area contributed by atoms with Crippen molar-refractivity contribution in [2.24, 2.45) is 0 Å². The topological polar surface area (TPSA) is 9.72 Å². The van der Waals surface area contributed by atoms with Gasteiger partial charge in [0.25, 0.3) is 0 Å². The van der Waals surface area contributed by atoms with Crippen molar-refractivity contribution >= 4 is 32.3 Å². The molecular formula is C75H75Cl3N3Zr3-3. The summed E-state index contributed by atoms with van der Waals surface area (Å²) in [5.74, 6) is 4.11. The summed E-state index contributed by atoms with van der Waals surface area (Å²) in [5, 5.41) is 7.99. The van der Waals surface area contributed by atoms with E-state index in [1.165, 1.54) is 83.5 Å². The molecule has 0 heterocycles. The van der Waals surface area contributed by atoms with Gasteiger partial charge in [0, 0.05) is 0 Å². The van der Waals surface area contributed by atoms with Crippen LogP contribution in [0.1, 0.15) is 33.4 Å². The van der Waals surface area contributed by atoms with Crippen LogP contribution in [0.25, 0.3) is 32.3 Å². The van der Waals surface area contributed by atoms with Crippen LogP contribution in [0.3, 0.4) is 0 Å². The van der Waals surface area contributed by atoms with E-state index < -0.39 is 0 Å². The van der Waals surface area contributed by atoms with Gasteiger partial charge in [0.1, 0.15) is 0 Å². The van der Waals surface area contributed by atoms with Crippen LogP contribution in [0, 0.1) is 17.8 Å². The second kappa shape index (κ2) is 43.4. The molecule has 0 fully saturated rings. The maximum atomic E-state index is 2.20. The second-order valence-corrected chi connectivity index (χ2v) is 19.8. The third-order valence-electron chi connectivity index (χ3n) is 12.8. The second-order valence-electron chi connectivity index (χ2n) is 19.8. The Morgan fingerprint density at radius 1 is 0.238 bits per heavy atom. The molecule has 0 aliphatic carbocycles. The summed E-state index contributed by atoms with van der Waals surface area (Å²) in [6, 6.07) is 108. The summed E-state index contributed by atoms with van der Waals surface area (Å²) < 4.78 is 0. The van der Waals surface area contributed by atoms with Crippen LogP contribution >= 0.6 is 0 Å². The standard InChI is InChI=1S/3C16H18N.3C9H7.3ClH.3Zr/c3*1-17(2)13-16(14-9-5-3-6-10-14)15-11-7-4-8-12-15;3*1-2-5-9-7-3-6-8(9)4-1;;;;;;/h3*3-12H,13H2,1-2H3;3*1-7H;3*1H;;;/q6*-1;;;;3*+2/p-3. The molecule has 0 saturated carbocycles. The Morgan fingerprint density at radius 3 is 0.571 bits per heavy atom. The van der Waals surface area contributed by atoms with E-state index in [2.05, 4.69) is 366 Å². The van der Waals surface area contributed by atoms with Crippen molar-refractivity contribution in [3.63, 3.8) is 0 Å². The molecule has 0 saturated heterocycles. The largest absolute Gasteiger partial charge is 2.00 e. The van der Waals surface area contributed by atoms with Crippen LogP contribution in [-0.2, 0) is 78.6 Å². The molecule has 84 heavy (non-hydrogen) atoms. The Morgan fingerprint density at radius 2 is 0.405 bits per heavy atom. The molecule has 0 amide bonds. The van der Waals surface area contributed by atoms with Gasteiger partial charge in [-0.25, -0.2) is 0 Å². The van der Waals surface area contributed by atoms with E-state index in [4.69, 9.17) is 0 Å². The fraction of sp³-hybridized carbons (Fsp3) is 0.120. The fourth-order valence-corrected chi connectivity index (χ4v) is 9.04. The predicted octanol–water partition coefficient (Wildman–Crippen LogP) is 8.34. The quantitative estimate of drug-likeness (QED) is 0.114. The number of hydrogen-bond acceptors (Lipinski definition) is 3. The molecule has 12 aromatic carbocycles. The molecule has 426 valence electrons. The van der Waals surface area contributed by atoms with Crippen molar-refractivity contribution < 1.29 is 116 Å². The van der Waals surface area contributed by atoms with Crippen LogP contribution < -0.4 is 37.2 Å². The Hall–Kier alpha value is -5.18. The van der Waals surface area contributed by atoms with Gasteiger partial charge in [-0.05, 0) is 61.9 Å². The first kappa shape index (κ1) is 76.8. The number of rotatable bonds is 12. The Kier molecular flexibility index (Phi) is 39.7. The van der Waals surface area contributed by atoms with E-state index in [0.29, 0.717) is 0 Å². The molecule has 0 aliphatic heterocycles. The van der Waals surface area contributed by atoms with Gasteiger partial charge in [-0.15, -0.1) is 195 Å². The molecule has 0 aliphatic rings. The van der Waals surface area contributed by atoms with Crippen molar-refractivity contribution in [1.82, 2.24) is 14.7 Å². The zero-order chi connectivity index (χ0) is 54.6. The molecule has 9 heteroatoms. The van der Waals surface area contributed by atoms with Crippen LogP contribution in [-0.4, -0.2) is 76.6 Å². The van der Waals surface area contributed by atoms with Crippen molar-refractivity contribution in [2.45, 2.75) is 0 Å². The zero-order valence-corrected chi connectivity index (χ0v) is 58.7.